The molecular weight excluding hydrogens is 136 g/mol. The van der Waals surface area contributed by atoms with E-state index >= 15 is 0 Å². The van der Waals surface area contributed by atoms with Crippen molar-refractivity contribution < 1.29 is 8.78 Å². The fourth-order valence-electron chi connectivity index (χ4n) is 1.42. The molecule has 0 amide bonds. The molecule has 1 aliphatic rings. The van der Waals surface area contributed by atoms with Crippen molar-refractivity contribution in [1.29, 1.82) is 0 Å². The summed E-state index contributed by atoms with van der Waals surface area (Å²) >= 11 is 0. The van der Waals surface area contributed by atoms with Crippen LogP contribution in [0.2, 0.25) is 0 Å². The smallest absolute Gasteiger partial charge is 0.264 e. The van der Waals surface area contributed by atoms with E-state index in [0.717, 1.165) is 0 Å². The minimum Gasteiger partial charge on any atom is -0.308 e. The van der Waals surface area contributed by atoms with Crippen LogP contribution in [0, 0.1) is 5.92 Å². The Hall–Kier alpha value is -0.180. The molecule has 10 heavy (non-hydrogen) atoms. The topological polar surface area (TPSA) is 12.0 Å². The van der Waals surface area contributed by atoms with Crippen LogP contribution >= 0.6 is 0 Å². The lowest BCUT2D eigenvalue weighted by Gasteiger charge is -2.21. The number of halogens is 2. The minimum atomic E-state index is -2.48. The number of rotatable bonds is 1. The van der Waals surface area contributed by atoms with Gasteiger partial charge in [-0.15, -0.1) is 0 Å². The van der Waals surface area contributed by atoms with Gasteiger partial charge in [0.1, 0.15) is 0 Å². The summed E-state index contributed by atoms with van der Waals surface area (Å²) < 4.78 is 25.6. The summed E-state index contributed by atoms with van der Waals surface area (Å²) in [5, 5.41) is 2.80. The number of alkyl halides is 2. The lowest BCUT2D eigenvalue weighted by atomic mass is 10.00. The summed E-state index contributed by atoms with van der Waals surface area (Å²) in [4.78, 5) is 0. The molecule has 1 saturated heterocycles. The van der Waals surface area contributed by atoms with E-state index in [1.807, 2.05) is 13.8 Å². The first-order valence-corrected chi connectivity index (χ1v) is 3.65. The van der Waals surface area contributed by atoms with Crippen molar-refractivity contribution in [3.8, 4) is 0 Å². The van der Waals surface area contributed by atoms with Gasteiger partial charge in [0.15, 0.2) is 0 Å². The second-order valence-electron chi connectivity index (χ2n) is 3.19. The molecule has 0 spiro atoms. The van der Waals surface area contributed by atoms with Crippen molar-refractivity contribution in [2.75, 3.05) is 6.54 Å². The van der Waals surface area contributed by atoms with Crippen LogP contribution in [0.5, 0.6) is 0 Å². The van der Waals surface area contributed by atoms with E-state index in [0.29, 0.717) is 6.54 Å². The molecular formula is C7H13F2N. The molecule has 0 aromatic heterocycles. The quantitative estimate of drug-likeness (QED) is 0.597. The van der Waals surface area contributed by atoms with Crippen LogP contribution in [-0.4, -0.2) is 18.5 Å². The number of hydrogen-bond donors (Lipinski definition) is 1. The Balaban J connectivity index is 2.59. The molecule has 1 rings (SSSR count). The van der Waals surface area contributed by atoms with Crippen LogP contribution in [0.4, 0.5) is 8.78 Å². The summed E-state index contributed by atoms with van der Waals surface area (Å²) in [6.07, 6.45) is -0.00412. The predicted octanol–water partition coefficient (Wildman–Crippen LogP) is 1.64. The van der Waals surface area contributed by atoms with Crippen molar-refractivity contribution >= 4 is 0 Å². The first-order chi connectivity index (χ1) is 4.54. The standard InChI is InChI=1S/C7H13F2N/c1-5(2)6-7(8,9)3-4-10-6/h5-6,10H,3-4H2,1-2H3. The molecule has 1 heterocycles. The van der Waals surface area contributed by atoms with Crippen LogP contribution in [0.25, 0.3) is 0 Å². The molecule has 1 unspecified atom stereocenters. The highest BCUT2D eigenvalue weighted by molar-refractivity contribution is 4.91. The zero-order valence-electron chi connectivity index (χ0n) is 6.32. The van der Waals surface area contributed by atoms with Gasteiger partial charge in [-0.05, 0) is 5.92 Å². The maximum atomic E-state index is 12.8. The van der Waals surface area contributed by atoms with E-state index in [9.17, 15) is 8.78 Å². The Bertz CT molecular complexity index is 123. The Morgan fingerprint density at radius 3 is 2.30 bits per heavy atom. The Morgan fingerprint density at radius 2 is 2.10 bits per heavy atom. The second-order valence-corrected chi connectivity index (χ2v) is 3.19. The molecule has 0 aromatic carbocycles. The van der Waals surface area contributed by atoms with Crippen molar-refractivity contribution in [1.82, 2.24) is 5.32 Å². The van der Waals surface area contributed by atoms with Crippen molar-refractivity contribution in [2.45, 2.75) is 32.2 Å². The zero-order valence-corrected chi connectivity index (χ0v) is 6.32. The van der Waals surface area contributed by atoms with Gasteiger partial charge in [-0.2, -0.15) is 0 Å². The van der Waals surface area contributed by atoms with Crippen LogP contribution in [0.15, 0.2) is 0 Å². The SMILES string of the molecule is CC(C)C1NCCC1(F)F. The molecule has 1 atom stereocenters. The van der Waals surface area contributed by atoms with Crippen LogP contribution in [0.1, 0.15) is 20.3 Å². The maximum absolute atomic E-state index is 12.8. The first-order valence-electron chi connectivity index (χ1n) is 3.65. The van der Waals surface area contributed by atoms with E-state index in [2.05, 4.69) is 5.32 Å². The van der Waals surface area contributed by atoms with Gasteiger partial charge in [-0.25, -0.2) is 8.78 Å². The van der Waals surface area contributed by atoms with Crippen LogP contribution in [-0.2, 0) is 0 Å². The fraction of sp³-hybridized carbons (Fsp3) is 1.00. The molecule has 60 valence electrons. The zero-order chi connectivity index (χ0) is 7.78. The third kappa shape index (κ3) is 1.29. The monoisotopic (exact) mass is 149 g/mol. The van der Waals surface area contributed by atoms with Gasteiger partial charge in [0, 0.05) is 13.0 Å². The molecule has 0 saturated carbocycles. The average Bonchev–Trinajstić information content (AvgIpc) is 2.08. The molecule has 3 heteroatoms. The summed E-state index contributed by atoms with van der Waals surface area (Å²) in [5.41, 5.74) is 0. The van der Waals surface area contributed by atoms with Gasteiger partial charge in [0.25, 0.3) is 5.92 Å². The Kier molecular flexibility index (Phi) is 1.95. The van der Waals surface area contributed by atoms with Gasteiger partial charge in [0.05, 0.1) is 6.04 Å². The van der Waals surface area contributed by atoms with Gasteiger partial charge >= 0.3 is 0 Å². The Labute approximate surface area is 59.8 Å². The lowest BCUT2D eigenvalue weighted by molar-refractivity contribution is -0.0240. The maximum Gasteiger partial charge on any atom is 0.264 e. The summed E-state index contributed by atoms with van der Waals surface area (Å²) in [7, 11) is 0. The van der Waals surface area contributed by atoms with Gasteiger partial charge < -0.3 is 5.32 Å². The Morgan fingerprint density at radius 1 is 1.50 bits per heavy atom. The summed E-state index contributed by atoms with van der Waals surface area (Å²) in [6, 6.07) is -0.604. The van der Waals surface area contributed by atoms with Crippen molar-refractivity contribution in [3.05, 3.63) is 0 Å². The van der Waals surface area contributed by atoms with Crippen molar-refractivity contribution in [3.63, 3.8) is 0 Å². The second kappa shape index (κ2) is 2.46. The summed E-state index contributed by atoms with van der Waals surface area (Å²) in [6.45, 7) is 4.09. The number of nitrogens with one attached hydrogen (secondary N) is 1. The van der Waals surface area contributed by atoms with Crippen molar-refractivity contribution in [2.24, 2.45) is 5.92 Å². The first kappa shape index (κ1) is 7.92. The molecule has 1 aliphatic heterocycles. The molecule has 1 N–H and O–H groups in total. The van der Waals surface area contributed by atoms with Gasteiger partial charge in [-0.1, -0.05) is 13.8 Å². The molecule has 0 aliphatic carbocycles. The highest BCUT2D eigenvalue weighted by atomic mass is 19.3. The normalized spacial score (nSPS) is 31.5. The van der Waals surface area contributed by atoms with E-state index in [4.69, 9.17) is 0 Å². The van der Waals surface area contributed by atoms with E-state index in [1.54, 1.807) is 0 Å². The molecule has 0 radical (unpaired) electrons. The van der Waals surface area contributed by atoms with E-state index < -0.39 is 12.0 Å². The van der Waals surface area contributed by atoms with Gasteiger partial charge in [-0.3, -0.25) is 0 Å². The van der Waals surface area contributed by atoms with Crippen LogP contribution in [0.3, 0.4) is 0 Å². The third-order valence-corrected chi connectivity index (χ3v) is 1.94. The largest absolute Gasteiger partial charge is 0.308 e. The van der Waals surface area contributed by atoms with Crippen LogP contribution < -0.4 is 5.32 Å². The average molecular weight is 149 g/mol. The molecule has 0 bridgehead atoms. The highest BCUT2D eigenvalue weighted by Crippen LogP contribution is 2.31. The van der Waals surface area contributed by atoms with E-state index in [1.165, 1.54) is 0 Å². The highest BCUT2D eigenvalue weighted by Gasteiger charge is 2.44. The number of hydrogen-bond acceptors (Lipinski definition) is 1. The molecule has 0 aromatic rings. The summed E-state index contributed by atoms with van der Waals surface area (Å²) in [5.74, 6) is -2.45. The van der Waals surface area contributed by atoms with Gasteiger partial charge in [0.2, 0.25) is 0 Å². The predicted molar refractivity (Wildman–Crippen MR) is 36.2 cm³/mol. The molecule has 1 nitrogen and oxygen atoms in total. The molecule has 1 fully saturated rings. The lowest BCUT2D eigenvalue weighted by Crippen LogP contribution is -2.39. The van der Waals surface area contributed by atoms with E-state index in [-0.39, 0.29) is 12.3 Å². The minimum absolute atomic E-state index is 0.00412. The third-order valence-electron chi connectivity index (χ3n) is 1.94. The fourth-order valence-corrected chi connectivity index (χ4v) is 1.42.